The molecule has 62 heavy (non-hydrogen) atoms. The highest BCUT2D eigenvalue weighted by Gasteiger charge is 2.44. The summed E-state index contributed by atoms with van der Waals surface area (Å²) >= 11 is 0. The van der Waals surface area contributed by atoms with Gasteiger partial charge in [-0.05, 0) is 100 Å². The van der Waals surface area contributed by atoms with Gasteiger partial charge in [-0.25, -0.2) is 0 Å². The van der Waals surface area contributed by atoms with Crippen molar-refractivity contribution >= 4 is 62.5 Å². The summed E-state index contributed by atoms with van der Waals surface area (Å²) < 4.78 is 13.7. The molecule has 4 atom stereocenters. The first-order valence-corrected chi connectivity index (χ1v) is 22.2. The number of fused-ring (bicyclic) bond motifs is 6. The molecule has 0 bridgehead atoms. The fourth-order valence-corrected chi connectivity index (χ4v) is 10.9. The van der Waals surface area contributed by atoms with Gasteiger partial charge in [-0.15, -0.1) is 0 Å². The van der Waals surface area contributed by atoms with E-state index in [4.69, 9.17) is 9.15 Å². The van der Waals surface area contributed by atoms with E-state index in [0.717, 1.165) is 56.1 Å². The van der Waals surface area contributed by atoms with Gasteiger partial charge in [-0.2, -0.15) is 0 Å². The second kappa shape index (κ2) is 14.3. The number of hydrogen-bond acceptors (Lipinski definition) is 4. The lowest BCUT2D eigenvalue weighted by atomic mass is 9.63. The molecular weight excluding hydrogens is 757 g/mol. The number of rotatable bonds is 8. The smallest absolute Gasteiger partial charge is 0.159 e. The molecule has 0 N–H and O–H groups in total. The second-order valence-electron chi connectivity index (χ2n) is 17.9. The molecule has 2 heterocycles. The van der Waals surface area contributed by atoms with Crippen LogP contribution in [0.1, 0.15) is 73.3 Å². The number of benzene rings is 6. The molecule has 0 amide bonds. The van der Waals surface area contributed by atoms with Crippen LogP contribution in [0.2, 0.25) is 0 Å². The molecule has 4 heteroatoms. The van der Waals surface area contributed by atoms with Crippen LogP contribution < -0.4 is 14.5 Å². The summed E-state index contributed by atoms with van der Waals surface area (Å²) in [6, 6.07) is 45.9. The van der Waals surface area contributed by atoms with E-state index in [9.17, 15) is 0 Å². The highest BCUT2D eigenvalue weighted by Crippen LogP contribution is 2.59. The van der Waals surface area contributed by atoms with Crippen LogP contribution in [-0.4, -0.2) is 6.10 Å². The molecule has 0 radical (unpaired) electrons. The molecule has 5 aliphatic rings. The molecule has 4 unspecified atom stereocenters. The summed E-state index contributed by atoms with van der Waals surface area (Å²) in [6.07, 6.45) is 21.0. The zero-order valence-electron chi connectivity index (χ0n) is 35.5. The third-order valence-corrected chi connectivity index (χ3v) is 13.7. The lowest BCUT2D eigenvalue weighted by Gasteiger charge is -2.45. The Balaban J connectivity index is 1.10. The van der Waals surface area contributed by atoms with E-state index in [1.165, 1.54) is 44.7 Å². The van der Waals surface area contributed by atoms with Crippen molar-refractivity contribution in [1.82, 2.24) is 0 Å². The maximum Gasteiger partial charge on any atom is 0.159 e. The molecule has 1 aromatic heterocycles. The Morgan fingerprint density at radius 3 is 2.06 bits per heavy atom. The fourth-order valence-electron chi connectivity index (χ4n) is 10.9. The first-order chi connectivity index (χ1) is 30.4. The number of allylic oxidation sites excluding steroid dienone is 7. The van der Waals surface area contributed by atoms with Gasteiger partial charge in [-0.3, -0.25) is 0 Å². The Labute approximate surface area is 363 Å². The van der Waals surface area contributed by atoms with Crippen LogP contribution in [0, 0.1) is 11.8 Å². The molecule has 1 aliphatic heterocycles. The second-order valence-corrected chi connectivity index (χ2v) is 17.9. The minimum Gasteiger partial charge on any atom is -0.483 e. The number of ether oxygens (including phenoxy) is 1. The van der Waals surface area contributed by atoms with Gasteiger partial charge >= 0.3 is 0 Å². The third kappa shape index (κ3) is 5.52. The third-order valence-electron chi connectivity index (χ3n) is 13.7. The van der Waals surface area contributed by atoms with E-state index in [1.807, 2.05) is 0 Å². The summed E-state index contributed by atoms with van der Waals surface area (Å²) in [5.41, 5.74) is 17.9. The summed E-state index contributed by atoms with van der Waals surface area (Å²) in [5.74, 6) is 1.91. The topological polar surface area (TPSA) is 28.9 Å². The summed E-state index contributed by atoms with van der Waals surface area (Å²) in [5, 5.41) is 2.24. The highest BCUT2D eigenvalue weighted by atomic mass is 16.5. The molecule has 302 valence electrons. The van der Waals surface area contributed by atoms with Crippen LogP contribution in [0.4, 0.5) is 28.4 Å². The number of hydrogen-bond donors (Lipinski definition) is 0. The van der Waals surface area contributed by atoms with Gasteiger partial charge in [0.1, 0.15) is 17.4 Å². The van der Waals surface area contributed by atoms with Crippen molar-refractivity contribution in [1.29, 1.82) is 0 Å². The van der Waals surface area contributed by atoms with Gasteiger partial charge in [0.05, 0.1) is 17.1 Å². The number of nitrogens with zero attached hydrogens (tertiary/aromatic N) is 2. The van der Waals surface area contributed by atoms with Crippen molar-refractivity contribution < 1.29 is 9.15 Å². The Morgan fingerprint density at radius 2 is 1.27 bits per heavy atom. The summed E-state index contributed by atoms with van der Waals surface area (Å²) in [4.78, 5) is 4.96. The first-order valence-electron chi connectivity index (χ1n) is 22.2. The lowest BCUT2D eigenvalue weighted by molar-refractivity contribution is 0.269. The minimum atomic E-state index is -0.00910. The number of anilines is 5. The van der Waals surface area contributed by atoms with Crippen molar-refractivity contribution in [3.05, 3.63) is 215 Å². The highest BCUT2D eigenvalue weighted by molar-refractivity contribution is 6.10. The van der Waals surface area contributed by atoms with Crippen LogP contribution in [-0.2, 0) is 0 Å². The lowest BCUT2D eigenvalue weighted by Crippen LogP contribution is -2.33. The van der Waals surface area contributed by atoms with Gasteiger partial charge in [0, 0.05) is 56.7 Å². The van der Waals surface area contributed by atoms with Gasteiger partial charge in [0.2, 0.25) is 0 Å². The Morgan fingerprint density at radius 1 is 0.565 bits per heavy atom. The van der Waals surface area contributed by atoms with Crippen molar-refractivity contribution in [2.45, 2.75) is 51.6 Å². The molecular formula is C58H48N2O2. The zero-order valence-corrected chi connectivity index (χ0v) is 35.5. The van der Waals surface area contributed by atoms with E-state index < -0.39 is 0 Å². The molecule has 4 nitrogen and oxygen atoms in total. The summed E-state index contributed by atoms with van der Waals surface area (Å²) in [7, 11) is 0. The van der Waals surface area contributed by atoms with Crippen LogP contribution in [0.3, 0.4) is 0 Å². The Kier molecular flexibility index (Phi) is 8.47. The molecule has 12 rings (SSSR count). The predicted octanol–water partition coefficient (Wildman–Crippen LogP) is 15.6. The van der Waals surface area contributed by atoms with E-state index >= 15 is 0 Å². The van der Waals surface area contributed by atoms with Crippen molar-refractivity contribution in [3.8, 4) is 5.75 Å². The van der Waals surface area contributed by atoms with E-state index in [-0.39, 0.29) is 29.8 Å². The van der Waals surface area contributed by atoms with Crippen molar-refractivity contribution in [3.63, 3.8) is 0 Å². The zero-order chi connectivity index (χ0) is 41.6. The van der Waals surface area contributed by atoms with Crippen LogP contribution in [0.25, 0.3) is 34.1 Å². The van der Waals surface area contributed by atoms with Crippen LogP contribution in [0.5, 0.6) is 5.75 Å². The Bertz CT molecular complexity index is 3140. The van der Waals surface area contributed by atoms with E-state index in [0.29, 0.717) is 5.92 Å². The Hall–Kier alpha value is -7.04. The predicted molar refractivity (Wildman–Crippen MR) is 257 cm³/mol. The molecule has 0 spiro atoms. The van der Waals surface area contributed by atoms with Gasteiger partial charge in [-0.1, -0.05) is 149 Å². The van der Waals surface area contributed by atoms with E-state index in [1.54, 1.807) is 0 Å². The molecule has 4 aliphatic carbocycles. The van der Waals surface area contributed by atoms with Crippen LogP contribution in [0.15, 0.2) is 191 Å². The molecule has 0 fully saturated rings. The average Bonchev–Trinajstić information content (AvgIpc) is 3.89. The fraction of sp³-hybridized carbons (Fsp3) is 0.172. The van der Waals surface area contributed by atoms with E-state index in [2.05, 4.69) is 220 Å². The monoisotopic (exact) mass is 804 g/mol. The minimum absolute atomic E-state index is 0.00910. The van der Waals surface area contributed by atoms with Crippen molar-refractivity contribution in [2.24, 2.45) is 11.8 Å². The van der Waals surface area contributed by atoms with Gasteiger partial charge in [0.15, 0.2) is 5.58 Å². The molecule has 6 aromatic carbocycles. The molecule has 0 saturated heterocycles. The standard InChI is InChI=1S/C58H48N2O2/c1-35(2)47-33-51(59(37-17-7-5-8-18-37)49-25-15-23-43-39-21-11-13-27-53(39)61-57(43)49)45-32-30-42-48(36(3)4)34-52(46-31-29-41(47)55(45)56(42)46)60(38-19-9-6-10-20-38)50-26-16-24-44-40-22-12-14-28-54(40)62-58(44)50/h5-36,39,45,53,55H,1-4H3. The first kappa shape index (κ1) is 36.8. The van der Waals surface area contributed by atoms with Gasteiger partial charge < -0.3 is 19.0 Å². The summed E-state index contributed by atoms with van der Waals surface area (Å²) in [6.45, 7) is 9.37. The van der Waals surface area contributed by atoms with Gasteiger partial charge in [0.25, 0.3) is 0 Å². The molecule has 7 aromatic rings. The number of para-hydroxylation sites is 5. The largest absolute Gasteiger partial charge is 0.483 e. The maximum absolute atomic E-state index is 6.91. The normalized spacial score (nSPS) is 20.1. The molecule has 0 saturated carbocycles. The van der Waals surface area contributed by atoms with Crippen molar-refractivity contribution in [2.75, 3.05) is 9.80 Å². The maximum atomic E-state index is 6.91. The van der Waals surface area contributed by atoms with Crippen LogP contribution >= 0.6 is 0 Å². The SMILES string of the molecule is CC(C)C1=C2C=Cc3c(N(c4ccccc4)c4cccc5c4oc4ccccc45)cc(C(C)C)c4c3C2C(C=C4)C(N(c2ccccc2)c2cccc3c2OC2C=CC=CC32)=C1. The quantitative estimate of drug-likeness (QED) is 0.153. The number of furan rings is 1. The average molecular weight is 805 g/mol.